The third kappa shape index (κ3) is 2.40. The van der Waals surface area contributed by atoms with Gasteiger partial charge in [0.2, 0.25) is 0 Å². The summed E-state index contributed by atoms with van der Waals surface area (Å²) in [5.41, 5.74) is 9.21. The van der Waals surface area contributed by atoms with Crippen molar-refractivity contribution in [3.05, 3.63) is 35.6 Å². The fraction of sp³-hybridized carbons (Fsp3) is 0.400. The molecule has 0 aliphatic carbocycles. The first-order valence-electron chi connectivity index (χ1n) is 6.45. The van der Waals surface area contributed by atoms with Crippen LogP contribution in [-0.4, -0.2) is 5.16 Å². The van der Waals surface area contributed by atoms with E-state index in [4.69, 9.17) is 10.3 Å². The Bertz CT molecular complexity index is 514. The van der Waals surface area contributed by atoms with Crippen LogP contribution in [0.2, 0.25) is 0 Å². The summed E-state index contributed by atoms with van der Waals surface area (Å²) in [4.78, 5) is 0. The Morgan fingerprint density at radius 3 is 2.56 bits per heavy atom. The number of aromatic nitrogens is 1. The molecule has 3 heteroatoms. The van der Waals surface area contributed by atoms with Gasteiger partial charge in [-0.25, -0.2) is 0 Å². The van der Waals surface area contributed by atoms with Gasteiger partial charge in [0, 0.05) is 5.92 Å². The van der Waals surface area contributed by atoms with Gasteiger partial charge < -0.3 is 10.3 Å². The van der Waals surface area contributed by atoms with E-state index in [1.54, 1.807) is 0 Å². The fourth-order valence-corrected chi connectivity index (χ4v) is 2.23. The van der Waals surface area contributed by atoms with Crippen LogP contribution < -0.4 is 5.73 Å². The molecule has 2 rings (SSSR count). The second kappa shape index (κ2) is 5.25. The summed E-state index contributed by atoms with van der Waals surface area (Å²) in [6.07, 6.45) is 2.20. The predicted molar refractivity (Wildman–Crippen MR) is 74.4 cm³/mol. The lowest BCUT2D eigenvalue weighted by Crippen LogP contribution is -1.95. The Morgan fingerprint density at radius 1 is 1.28 bits per heavy atom. The highest BCUT2D eigenvalue weighted by molar-refractivity contribution is 5.76. The second-order valence-electron chi connectivity index (χ2n) is 4.86. The molecule has 0 fully saturated rings. The van der Waals surface area contributed by atoms with Crippen LogP contribution in [0, 0.1) is 6.92 Å². The SMILES string of the molecule is CCCC(C)c1onc(N)c1-c1ccc(C)cc1. The van der Waals surface area contributed by atoms with Crippen LogP contribution in [0.4, 0.5) is 5.82 Å². The van der Waals surface area contributed by atoms with Crippen LogP contribution >= 0.6 is 0 Å². The quantitative estimate of drug-likeness (QED) is 0.879. The Balaban J connectivity index is 2.43. The largest absolute Gasteiger partial charge is 0.380 e. The number of hydrogen-bond donors (Lipinski definition) is 1. The Kier molecular flexibility index (Phi) is 3.70. The lowest BCUT2D eigenvalue weighted by atomic mass is 9.95. The molecule has 0 radical (unpaired) electrons. The topological polar surface area (TPSA) is 52.0 Å². The minimum atomic E-state index is 0.344. The third-order valence-electron chi connectivity index (χ3n) is 3.25. The van der Waals surface area contributed by atoms with Crippen LogP contribution in [0.25, 0.3) is 11.1 Å². The highest BCUT2D eigenvalue weighted by atomic mass is 16.5. The van der Waals surface area contributed by atoms with E-state index in [1.165, 1.54) is 5.56 Å². The molecule has 1 aromatic carbocycles. The summed E-state index contributed by atoms with van der Waals surface area (Å²) >= 11 is 0. The first-order chi connectivity index (χ1) is 8.63. The van der Waals surface area contributed by atoms with E-state index in [-0.39, 0.29) is 0 Å². The zero-order valence-electron chi connectivity index (χ0n) is 11.2. The van der Waals surface area contributed by atoms with Crippen molar-refractivity contribution in [3.63, 3.8) is 0 Å². The smallest absolute Gasteiger partial charge is 0.175 e. The van der Waals surface area contributed by atoms with Crippen LogP contribution in [0.1, 0.15) is 43.9 Å². The molecule has 0 aliphatic heterocycles. The normalized spacial score (nSPS) is 12.6. The van der Waals surface area contributed by atoms with E-state index in [0.29, 0.717) is 11.7 Å². The van der Waals surface area contributed by atoms with Gasteiger partial charge in [0.1, 0.15) is 5.76 Å². The molecule has 1 atom stereocenters. The Morgan fingerprint density at radius 2 is 1.94 bits per heavy atom. The molecular weight excluding hydrogens is 224 g/mol. The molecule has 0 saturated heterocycles. The van der Waals surface area contributed by atoms with E-state index in [0.717, 1.165) is 29.7 Å². The summed E-state index contributed by atoms with van der Waals surface area (Å²) < 4.78 is 5.42. The molecule has 96 valence electrons. The molecule has 2 N–H and O–H groups in total. The van der Waals surface area contributed by atoms with Crippen molar-refractivity contribution in [3.8, 4) is 11.1 Å². The zero-order valence-corrected chi connectivity index (χ0v) is 11.2. The van der Waals surface area contributed by atoms with Crippen LogP contribution in [0.5, 0.6) is 0 Å². The molecule has 0 saturated carbocycles. The average molecular weight is 244 g/mol. The van der Waals surface area contributed by atoms with Crippen LogP contribution in [-0.2, 0) is 0 Å². The molecule has 1 unspecified atom stereocenters. The molecule has 1 heterocycles. The van der Waals surface area contributed by atoms with E-state index in [1.807, 2.05) is 0 Å². The minimum absolute atomic E-state index is 0.344. The minimum Gasteiger partial charge on any atom is -0.380 e. The van der Waals surface area contributed by atoms with Crippen molar-refractivity contribution in [1.82, 2.24) is 5.16 Å². The number of nitrogens with zero attached hydrogens (tertiary/aromatic N) is 1. The van der Waals surface area contributed by atoms with Gasteiger partial charge in [0.15, 0.2) is 5.82 Å². The molecule has 2 aromatic rings. The summed E-state index contributed by atoms with van der Waals surface area (Å²) in [5, 5.41) is 3.92. The lowest BCUT2D eigenvalue weighted by molar-refractivity contribution is 0.362. The van der Waals surface area contributed by atoms with Crippen molar-refractivity contribution in [2.75, 3.05) is 5.73 Å². The number of benzene rings is 1. The molecule has 0 amide bonds. The molecule has 0 spiro atoms. The fourth-order valence-electron chi connectivity index (χ4n) is 2.23. The maximum Gasteiger partial charge on any atom is 0.175 e. The molecule has 3 nitrogen and oxygen atoms in total. The molecule has 0 aliphatic rings. The third-order valence-corrected chi connectivity index (χ3v) is 3.25. The summed E-state index contributed by atoms with van der Waals surface area (Å²) in [7, 11) is 0. The van der Waals surface area contributed by atoms with Gasteiger partial charge in [-0.2, -0.15) is 0 Å². The maximum absolute atomic E-state index is 5.94. The molecular formula is C15H20N2O. The summed E-state index contributed by atoms with van der Waals surface area (Å²) in [6.45, 7) is 6.39. The number of hydrogen-bond acceptors (Lipinski definition) is 3. The van der Waals surface area contributed by atoms with Gasteiger partial charge in [0.25, 0.3) is 0 Å². The first kappa shape index (κ1) is 12.7. The number of aryl methyl sites for hydroxylation is 1. The van der Waals surface area contributed by atoms with E-state index in [2.05, 4.69) is 50.2 Å². The van der Waals surface area contributed by atoms with Crippen molar-refractivity contribution in [2.24, 2.45) is 0 Å². The van der Waals surface area contributed by atoms with Gasteiger partial charge in [-0.1, -0.05) is 55.3 Å². The van der Waals surface area contributed by atoms with Crippen molar-refractivity contribution < 1.29 is 4.52 Å². The van der Waals surface area contributed by atoms with E-state index in [9.17, 15) is 0 Å². The zero-order chi connectivity index (χ0) is 13.1. The molecule has 1 aromatic heterocycles. The van der Waals surface area contributed by atoms with Gasteiger partial charge in [0.05, 0.1) is 5.56 Å². The van der Waals surface area contributed by atoms with E-state index < -0.39 is 0 Å². The maximum atomic E-state index is 5.94. The predicted octanol–water partition coefficient (Wildman–Crippen LogP) is 4.14. The number of rotatable bonds is 4. The monoisotopic (exact) mass is 244 g/mol. The van der Waals surface area contributed by atoms with Gasteiger partial charge in [-0.05, 0) is 18.9 Å². The first-order valence-corrected chi connectivity index (χ1v) is 6.45. The highest BCUT2D eigenvalue weighted by Crippen LogP contribution is 2.35. The average Bonchev–Trinajstić information content (AvgIpc) is 2.73. The molecule has 18 heavy (non-hydrogen) atoms. The van der Waals surface area contributed by atoms with Gasteiger partial charge >= 0.3 is 0 Å². The van der Waals surface area contributed by atoms with Crippen LogP contribution in [0.3, 0.4) is 0 Å². The Hall–Kier alpha value is -1.77. The number of anilines is 1. The Labute approximate surface area is 108 Å². The van der Waals surface area contributed by atoms with Crippen molar-refractivity contribution in [2.45, 2.75) is 39.5 Å². The van der Waals surface area contributed by atoms with Crippen LogP contribution in [0.15, 0.2) is 28.8 Å². The molecule has 0 bridgehead atoms. The van der Waals surface area contributed by atoms with E-state index >= 15 is 0 Å². The number of nitrogens with two attached hydrogens (primary N) is 1. The lowest BCUT2D eigenvalue weighted by Gasteiger charge is -2.09. The number of nitrogen functional groups attached to an aromatic ring is 1. The van der Waals surface area contributed by atoms with Gasteiger partial charge in [-0.15, -0.1) is 0 Å². The van der Waals surface area contributed by atoms with Crippen molar-refractivity contribution >= 4 is 5.82 Å². The summed E-state index contributed by atoms with van der Waals surface area (Å²) in [5.74, 6) is 1.73. The summed E-state index contributed by atoms with van der Waals surface area (Å²) in [6, 6.07) is 8.30. The van der Waals surface area contributed by atoms with Crippen molar-refractivity contribution in [1.29, 1.82) is 0 Å². The highest BCUT2D eigenvalue weighted by Gasteiger charge is 2.20. The second-order valence-corrected chi connectivity index (χ2v) is 4.86. The van der Waals surface area contributed by atoms with Gasteiger partial charge in [-0.3, -0.25) is 0 Å². The standard InChI is InChI=1S/C15H20N2O/c1-4-5-11(3)14-13(15(16)17-18-14)12-8-6-10(2)7-9-12/h6-9,11H,4-5H2,1-3H3,(H2,16,17).